The molecule has 2 nitrogen and oxygen atoms in total. The van der Waals surface area contributed by atoms with E-state index in [-0.39, 0.29) is 16.4 Å². The fourth-order valence-electron chi connectivity index (χ4n) is 2.15. The molecule has 1 aliphatic heterocycles. The Hall–Kier alpha value is -1.02. The zero-order chi connectivity index (χ0) is 15.2. The third-order valence-electron chi connectivity index (χ3n) is 3.82. The average Bonchev–Trinajstić information content (AvgIpc) is 3.03. The Morgan fingerprint density at radius 3 is 2.15 bits per heavy atom. The van der Waals surface area contributed by atoms with E-state index >= 15 is 0 Å². The van der Waals surface area contributed by atoms with Crippen LogP contribution in [0.2, 0.25) is 0 Å². The molecule has 1 aromatic carbocycles. The number of hydrogen-bond donors (Lipinski definition) is 0. The fourth-order valence-corrected chi connectivity index (χ4v) is 2.15. The van der Waals surface area contributed by atoms with E-state index in [1.54, 1.807) is 0 Å². The highest BCUT2D eigenvalue weighted by Crippen LogP contribution is 2.36. The minimum Gasteiger partial charge on any atom is -0.490 e. The van der Waals surface area contributed by atoms with Gasteiger partial charge < -0.3 is 9.47 Å². The number of ether oxygens (including phenoxy) is 2. The van der Waals surface area contributed by atoms with Gasteiger partial charge >= 0.3 is 0 Å². The molecular formula is C18H28O2. The van der Waals surface area contributed by atoms with Crippen molar-refractivity contribution in [3.8, 4) is 5.75 Å². The van der Waals surface area contributed by atoms with Crippen LogP contribution in [-0.2, 0) is 15.6 Å². The van der Waals surface area contributed by atoms with Crippen molar-refractivity contribution >= 4 is 0 Å². The molecule has 1 saturated heterocycles. The van der Waals surface area contributed by atoms with E-state index in [4.69, 9.17) is 9.47 Å². The molecule has 112 valence electrons. The second-order valence-electron chi connectivity index (χ2n) is 8.24. The molecule has 0 radical (unpaired) electrons. The third kappa shape index (κ3) is 3.54. The van der Waals surface area contributed by atoms with Crippen LogP contribution in [0.4, 0.5) is 0 Å². The van der Waals surface area contributed by atoms with Crippen LogP contribution >= 0.6 is 0 Å². The normalized spacial score (nSPS) is 22.8. The summed E-state index contributed by atoms with van der Waals surface area (Å²) in [5, 5.41) is 0. The van der Waals surface area contributed by atoms with Crippen molar-refractivity contribution in [3.63, 3.8) is 0 Å². The van der Waals surface area contributed by atoms with Crippen molar-refractivity contribution in [3.05, 3.63) is 29.3 Å². The SMILES string of the molecule is CC1(COc2ccc(C(C)(C)C)cc2C(C)(C)C)CO1. The van der Waals surface area contributed by atoms with Gasteiger partial charge in [0.15, 0.2) is 0 Å². The van der Waals surface area contributed by atoms with Crippen LogP contribution in [0.3, 0.4) is 0 Å². The predicted octanol–water partition coefficient (Wildman–Crippen LogP) is 4.45. The molecule has 1 atom stereocenters. The summed E-state index contributed by atoms with van der Waals surface area (Å²) in [5.41, 5.74) is 2.78. The van der Waals surface area contributed by atoms with E-state index in [0.29, 0.717) is 6.61 Å². The molecular weight excluding hydrogens is 248 g/mol. The smallest absolute Gasteiger partial charge is 0.123 e. The lowest BCUT2D eigenvalue weighted by Gasteiger charge is -2.27. The number of rotatable bonds is 3. The summed E-state index contributed by atoms with van der Waals surface area (Å²) < 4.78 is 11.4. The molecule has 1 aliphatic rings. The van der Waals surface area contributed by atoms with Crippen molar-refractivity contribution < 1.29 is 9.47 Å². The largest absolute Gasteiger partial charge is 0.490 e. The van der Waals surface area contributed by atoms with E-state index in [0.717, 1.165) is 12.4 Å². The summed E-state index contributed by atoms with van der Waals surface area (Å²) in [6, 6.07) is 6.60. The first-order valence-corrected chi connectivity index (χ1v) is 7.43. The topological polar surface area (TPSA) is 21.8 Å². The maximum Gasteiger partial charge on any atom is 0.123 e. The van der Waals surface area contributed by atoms with E-state index in [9.17, 15) is 0 Å². The lowest BCUT2D eigenvalue weighted by Crippen LogP contribution is -2.21. The predicted molar refractivity (Wildman–Crippen MR) is 83.7 cm³/mol. The summed E-state index contributed by atoms with van der Waals surface area (Å²) in [5.74, 6) is 0.988. The summed E-state index contributed by atoms with van der Waals surface area (Å²) in [6.45, 7) is 17.0. The van der Waals surface area contributed by atoms with Gasteiger partial charge in [0.1, 0.15) is 18.0 Å². The molecule has 0 aliphatic carbocycles. The molecule has 1 unspecified atom stereocenters. The van der Waals surface area contributed by atoms with Crippen molar-refractivity contribution in [2.45, 2.75) is 64.9 Å². The number of epoxide rings is 1. The Labute approximate surface area is 123 Å². The first-order chi connectivity index (χ1) is 9.01. The summed E-state index contributed by atoms with van der Waals surface area (Å²) in [4.78, 5) is 0. The van der Waals surface area contributed by atoms with Gasteiger partial charge in [0.05, 0.1) is 6.61 Å². The van der Waals surface area contributed by atoms with E-state index in [1.165, 1.54) is 11.1 Å². The van der Waals surface area contributed by atoms with Crippen LogP contribution in [-0.4, -0.2) is 18.8 Å². The maximum atomic E-state index is 6.03. The van der Waals surface area contributed by atoms with Crippen molar-refractivity contribution in [2.24, 2.45) is 0 Å². The second kappa shape index (κ2) is 4.77. The Morgan fingerprint density at radius 2 is 1.70 bits per heavy atom. The summed E-state index contributed by atoms with van der Waals surface area (Å²) in [6.07, 6.45) is 0. The molecule has 0 amide bonds. The Bertz CT molecular complexity index is 485. The Morgan fingerprint density at radius 1 is 1.10 bits per heavy atom. The minimum atomic E-state index is -0.0716. The molecule has 2 heteroatoms. The van der Waals surface area contributed by atoms with Crippen LogP contribution in [0.5, 0.6) is 5.75 Å². The van der Waals surface area contributed by atoms with Gasteiger partial charge in [-0.2, -0.15) is 0 Å². The quantitative estimate of drug-likeness (QED) is 0.761. The highest BCUT2D eigenvalue weighted by atomic mass is 16.6. The first kappa shape index (κ1) is 15.4. The van der Waals surface area contributed by atoms with E-state index in [1.807, 2.05) is 0 Å². The molecule has 0 N–H and O–H groups in total. The summed E-state index contributed by atoms with van der Waals surface area (Å²) in [7, 11) is 0. The summed E-state index contributed by atoms with van der Waals surface area (Å²) >= 11 is 0. The molecule has 1 aromatic rings. The second-order valence-corrected chi connectivity index (χ2v) is 8.24. The van der Waals surface area contributed by atoms with Crippen molar-refractivity contribution in [1.29, 1.82) is 0 Å². The van der Waals surface area contributed by atoms with Crippen LogP contribution in [0.15, 0.2) is 18.2 Å². The van der Waals surface area contributed by atoms with Gasteiger partial charge in [-0.1, -0.05) is 53.7 Å². The molecule has 0 saturated carbocycles. The molecule has 2 rings (SSSR count). The molecule has 20 heavy (non-hydrogen) atoms. The highest BCUT2D eigenvalue weighted by Gasteiger charge is 2.40. The van der Waals surface area contributed by atoms with Crippen LogP contribution < -0.4 is 4.74 Å². The molecule has 1 heterocycles. The molecule has 1 fully saturated rings. The van der Waals surface area contributed by atoms with Gasteiger partial charge in [0.25, 0.3) is 0 Å². The molecule has 0 spiro atoms. The zero-order valence-electron chi connectivity index (χ0n) is 14.0. The van der Waals surface area contributed by atoms with Crippen LogP contribution in [0.1, 0.15) is 59.6 Å². The number of benzene rings is 1. The molecule has 0 aromatic heterocycles. The van der Waals surface area contributed by atoms with Gasteiger partial charge in [-0.15, -0.1) is 0 Å². The first-order valence-electron chi connectivity index (χ1n) is 7.43. The van der Waals surface area contributed by atoms with Crippen molar-refractivity contribution in [1.82, 2.24) is 0 Å². The van der Waals surface area contributed by atoms with E-state index in [2.05, 4.69) is 66.7 Å². The maximum absolute atomic E-state index is 6.03. The van der Waals surface area contributed by atoms with Gasteiger partial charge in [0.2, 0.25) is 0 Å². The van der Waals surface area contributed by atoms with Crippen LogP contribution in [0, 0.1) is 0 Å². The van der Waals surface area contributed by atoms with Crippen LogP contribution in [0.25, 0.3) is 0 Å². The highest BCUT2D eigenvalue weighted by molar-refractivity contribution is 5.43. The average molecular weight is 276 g/mol. The lowest BCUT2D eigenvalue weighted by atomic mass is 9.80. The standard InChI is InChI=1S/C18H28O2/c1-16(2,3)13-8-9-15(14(10-13)17(4,5)6)19-11-18(7)12-20-18/h8-10H,11-12H2,1-7H3. The Kier molecular flexibility index (Phi) is 3.66. The number of hydrogen-bond acceptors (Lipinski definition) is 2. The molecule has 0 bridgehead atoms. The Balaban J connectivity index is 2.30. The van der Waals surface area contributed by atoms with Gasteiger partial charge in [0, 0.05) is 0 Å². The van der Waals surface area contributed by atoms with Gasteiger partial charge in [-0.05, 0) is 34.9 Å². The van der Waals surface area contributed by atoms with Gasteiger partial charge in [-0.3, -0.25) is 0 Å². The van der Waals surface area contributed by atoms with Crippen molar-refractivity contribution in [2.75, 3.05) is 13.2 Å². The lowest BCUT2D eigenvalue weighted by molar-refractivity contribution is 0.199. The fraction of sp³-hybridized carbons (Fsp3) is 0.667. The third-order valence-corrected chi connectivity index (χ3v) is 3.82. The van der Waals surface area contributed by atoms with E-state index < -0.39 is 0 Å². The zero-order valence-corrected chi connectivity index (χ0v) is 14.0. The van der Waals surface area contributed by atoms with Gasteiger partial charge in [-0.25, -0.2) is 0 Å². The monoisotopic (exact) mass is 276 g/mol. The minimum absolute atomic E-state index is 0.0713.